The van der Waals surface area contributed by atoms with Crippen molar-refractivity contribution < 1.29 is 31.6 Å². The topological polar surface area (TPSA) is 54.5 Å². The molecule has 2 aliphatic rings. The van der Waals surface area contributed by atoms with Gasteiger partial charge in [-0.1, -0.05) is 23.2 Å². The molecule has 182 valence electrons. The Balaban J connectivity index is 1.61. The molecule has 3 heterocycles. The second kappa shape index (κ2) is 8.85. The molecule has 0 radical (unpaired) electrons. The summed E-state index contributed by atoms with van der Waals surface area (Å²) in [5.74, 6) is -0.989. The molecular formula is C21H16Cl2F5N3O2S. The maximum absolute atomic E-state index is 15.1. The summed E-state index contributed by atoms with van der Waals surface area (Å²) in [5, 5.41) is -1.19. The number of likely N-dealkylation sites (tertiary alicyclic amines) is 1. The molecule has 1 atom stereocenters. The van der Waals surface area contributed by atoms with E-state index >= 15 is 4.39 Å². The van der Waals surface area contributed by atoms with E-state index in [1.165, 1.54) is 35.0 Å². The first-order valence-corrected chi connectivity index (χ1v) is 11.9. The lowest BCUT2D eigenvalue weighted by atomic mass is 9.90. The predicted octanol–water partition coefficient (Wildman–Crippen LogP) is 5.23. The number of nitrogens with zero attached hydrogens (tertiary/aromatic N) is 2. The fraction of sp³-hybridized carbons (Fsp3) is 0.333. The number of hydrogen-bond donors (Lipinski definition) is 1. The van der Waals surface area contributed by atoms with Gasteiger partial charge in [0, 0.05) is 17.3 Å². The third-order valence-electron chi connectivity index (χ3n) is 5.54. The Hall–Kier alpha value is -2.08. The number of rotatable bonds is 5. The van der Waals surface area contributed by atoms with Gasteiger partial charge in [0.25, 0.3) is 0 Å². The van der Waals surface area contributed by atoms with Gasteiger partial charge in [0.05, 0.1) is 40.3 Å². The molecule has 1 unspecified atom stereocenters. The third kappa shape index (κ3) is 4.23. The van der Waals surface area contributed by atoms with Crippen LogP contribution in [0.2, 0.25) is 10.0 Å². The fourth-order valence-corrected chi connectivity index (χ4v) is 4.60. The summed E-state index contributed by atoms with van der Waals surface area (Å²) in [6, 6.07) is 4.29. The van der Waals surface area contributed by atoms with Crippen LogP contribution in [0.4, 0.5) is 22.0 Å². The molecular weight excluding hydrogens is 524 g/mol. The molecule has 1 amide bonds. The van der Waals surface area contributed by atoms with Crippen molar-refractivity contribution in [2.45, 2.75) is 17.4 Å². The van der Waals surface area contributed by atoms with Crippen molar-refractivity contribution in [2.24, 2.45) is 0 Å². The first-order valence-electron chi connectivity index (χ1n) is 9.71. The maximum atomic E-state index is 15.1. The van der Waals surface area contributed by atoms with Crippen LogP contribution in [0.15, 0.2) is 36.5 Å². The zero-order valence-electron chi connectivity index (χ0n) is 17.4. The molecule has 2 aliphatic heterocycles. The zero-order chi connectivity index (χ0) is 24.9. The minimum atomic E-state index is -4.97. The van der Waals surface area contributed by atoms with Gasteiger partial charge in [-0.3, -0.25) is 20.1 Å². The Labute approximate surface area is 205 Å². The SMILES string of the molecule is CSCC(=O)N1CC(F)(c2ccc(C3=CC(c4cc(Cl)c(F)c(Cl)c4)(C(F)(F)F)ON3)cn2)C1. The largest absolute Gasteiger partial charge is 0.428 e. The molecule has 0 aliphatic carbocycles. The van der Waals surface area contributed by atoms with Gasteiger partial charge in [0.15, 0.2) is 11.5 Å². The number of hydrogen-bond acceptors (Lipinski definition) is 5. The monoisotopic (exact) mass is 539 g/mol. The molecule has 0 spiro atoms. The van der Waals surface area contributed by atoms with Crippen LogP contribution in [0.3, 0.4) is 0 Å². The van der Waals surface area contributed by atoms with Gasteiger partial charge in [-0.05, 0) is 36.6 Å². The summed E-state index contributed by atoms with van der Waals surface area (Å²) < 4.78 is 71.1. The minimum Gasteiger partial charge on any atom is -0.335 e. The molecule has 0 bridgehead atoms. The van der Waals surface area contributed by atoms with Crippen LogP contribution < -0.4 is 5.48 Å². The van der Waals surface area contributed by atoms with Crippen molar-refractivity contribution >= 4 is 46.6 Å². The number of pyridine rings is 1. The van der Waals surface area contributed by atoms with Crippen molar-refractivity contribution in [3.8, 4) is 0 Å². The predicted molar refractivity (Wildman–Crippen MR) is 118 cm³/mol. The number of aromatic nitrogens is 1. The number of carbonyl (C=O) groups is 1. The summed E-state index contributed by atoms with van der Waals surface area (Å²) >= 11 is 12.7. The third-order valence-corrected chi connectivity index (χ3v) is 6.63. The van der Waals surface area contributed by atoms with Crippen LogP contribution in [0, 0.1) is 5.82 Å². The summed E-state index contributed by atoms with van der Waals surface area (Å²) in [6.45, 7) is -0.294. The Morgan fingerprint density at radius 3 is 2.44 bits per heavy atom. The Kier molecular flexibility index (Phi) is 6.52. The van der Waals surface area contributed by atoms with Gasteiger partial charge < -0.3 is 4.90 Å². The molecule has 0 saturated carbocycles. The van der Waals surface area contributed by atoms with Crippen molar-refractivity contribution in [2.75, 3.05) is 25.1 Å². The summed E-state index contributed by atoms with van der Waals surface area (Å²) in [5.41, 5.74) is -3.00. The second-order valence-corrected chi connectivity index (χ2v) is 9.51. The van der Waals surface area contributed by atoms with E-state index in [4.69, 9.17) is 28.0 Å². The summed E-state index contributed by atoms with van der Waals surface area (Å²) in [4.78, 5) is 22.2. The molecule has 1 fully saturated rings. The smallest absolute Gasteiger partial charge is 0.335 e. The van der Waals surface area contributed by atoms with E-state index in [2.05, 4.69) is 10.5 Å². The van der Waals surface area contributed by atoms with Crippen molar-refractivity contribution in [3.05, 3.63) is 69.2 Å². The highest BCUT2D eigenvalue weighted by Gasteiger charge is 2.60. The maximum Gasteiger partial charge on any atom is 0.428 e. The average Bonchev–Trinajstić information content (AvgIpc) is 3.22. The molecule has 4 rings (SSSR count). The van der Waals surface area contributed by atoms with Crippen molar-refractivity contribution in [1.82, 2.24) is 15.4 Å². The Morgan fingerprint density at radius 2 is 1.91 bits per heavy atom. The van der Waals surface area contributed by atoms with Crippen LogP contribution in [0.25, 0.3) is 5.70 Å². The van der Waals surface area contributed by atoms with Gasteiger partial charge in [0.2, 0.25) is 11.5 Å². The molecule has 34 heavy (non-hydrogen) atoms. The molecule has 1 aromatic carbocycles. The van der Waals surface area contributed by atoms with Crippen LogP contribution >= 0.6 is 35.0 Å². The van der Waals surface area contributed by atoms with E-state index in [-0.39, 0.29) is 41.7 Å². The lowest BCUT2D eigenvalue weighted by Gasteiger charge is -2.43. The first-order chi connectivity index (χ1) is 15.9. The van der Waals surface area contributed by atoms with Crippen molar-refractivity contribution in [1.29, 1.82) is 0 Å². The standard InChI is InChI=1S/C21H16Cl2F5N3O2S/c1-34-8-17(32)31-9-19(25,10-31)16-3-2-11(7-29-16)15-6-20(33-30-15,21(26,27)28)12-4-13(22)18(24)14(23)5-12/h2-7,30H,8-10H2,1H3. The molecule has 13 heteroatoms. The van der Waals surface area contributed by atoms with Gasteiger partial charge in [-0.2, -0.15) is 24.9 Å². The van der Waals surface area contributed by atoms with E-state index in [1.54, 1.807) is 6.26 Å². The average molecular weight is 540 g/mol. The number of alkyl halides is 4. The highest BCUT2D eigenvalue weighted by atomic mass is 35.5. The second-order valence-electron chi connectivity index (χ2n) is 7.83. The lowest BCUT2D eigenvalue weighted by Crippen LogP contribution is -2.59. The summed E-state index contributed by atoms with van der Waals surface area (Å²) in [6.07, 6.45) is -1.26. The quantitative estimate of drug-likeness (QED) is 0.416. The van der Waals surface area contributed by atoms with Crippen LogP contribution in [-0.2, 0) is 20.9 Å². The van der Waals surface area contributed by atoms with Gasteiger partial charge in [-0.15, -0.1) is 0 Å². The number of hydroxylamine groups is 1. The first kappa shape index (κ1) is 25.0. The van der Waals surface area contributed by atoms with Crippen LogP contribution in [-0.4, -0.2) is 47.1 Å². The van der Waals surface area contributed by atoms with Gasteiger partial charge in [-0.25, -0.2) is 8.78 Å². The minimum absolute atomic E-state index is 0.0585. The van der Waals surface area contributed by atoms with Crippen LogP contribution in [0.5, 0.6) is 0 Å². The molecule has 1 aromatic heterocycles. The van der Waals surface area contributed by atoms with Crippen LogP contribution in [0.1, 0.15) is 16.8 Å². The van der Waals surface area contributed by atoms with Gasteiger partial charge in [0.1, 0.15) is 0 Å². The van der Waals surface area contributed by atoms with Crippen molar-refractivity contribution in [3.63, 3.8) is 0 Å². The van der Waals surface area contributed by atoms with E-state index in [9.17, 15) is 22.4 Å². The van der Waals surface area contributed by atoms with E-state index in [0.29, 0.717) is 0 Å². The molecule has 5 nitrogen and oxygen atoms in total. The molecule has 1 saturated heterocycles. The lowest BCUT2D eigenvalue weighted by molar-refractivity contribution is -0.269. The van der Waals surface area contributed by atoms with E-state index in [1.807, 2.05) is 0 Å². The number of halogens is 7. The van der Waals surface area contributed by atoms with E-state index < -0.39 is 38.9 Å². The van der Waals surface area contributed by atoms with E-state index in [0.717, 1.165) is 18.2 Å². The molecule has 2 aromatic rings. The highest BCUT2D eigenvalue weighted by molar-refractivity contribution is 7.99. The number of carbonyl (C=O) groups excluding carboxylic acids is 1. The highest BCUT2D eigenvalue weighted by Crippen LogP contribution is 2.48. The Bertz CT molecular complexity index is 1130. The number of thioether (sulfide) groups is 1. The number of benzene rings is 1. The van der Waals surface area contributed by atoms with Gasteiger partial charge >= 0.3 is 6.18 Å². The zero-order valence-corrected chi connectivity index (χ0v) is 19.7. The fourth-order valence-electron chi connectivity index (χ4n) is 3.69. The normalized spacial score (nSPS) is 21.6. The number of nitrogens with one attached hydrogen (secondary N) is 1. The number of amides is 1. The molecule has 1 N–H and O–H groups in total. The Morgan fingerprint density at radius 1 is 1.26 bits per heavy atom. The summed E-state index contributed by atoms with van der Waals surface area (Å²) in [7, 11) is 0.